The van der Waals surface area contributed by atoms with Crippen molar-refractivity contribution < 1.29 is 9.21 Å². The largest absolute Gasteiger partial charge is 0.465 e. The molecule has 0 aliphatic carbocycles. The van der Waals surface area contributed by atoms with Crippen LogP contribution in [0.3, 0.4) is 0 Å². The minimum absolute atomic E-state index is 0.230. The van der Waals surface area contributed by atoms with Gasteiger partial charge in [-0.15, -0.1) is 0 Å². The number of carbonyl (C=O) groups excluding carboxylic acids is 1. The number of furan rings is 1. The average Bonchev–Trinajstić information content (AvgIpc) is 3.59. The van der Waals surface area contributed by atoms with Gasteiger partial charge in [0.2, 0.25) is 5.91 Å². The second kappa shape index (κ2) is 8.51. The van der Waals surface area contributed by atoms with Crippen LogP contribution < -0.4 is 10.9 Å². The molecule has 1 atom stereocenters. The number of para-hydroxylation sites is 1. The van der Waals surface area contributed by atoms with Crippen molar-refractivity contribution in [1.29, 1.82) is 0 Å². The molecular formula is C25H24N6O3. The maximum atomic E-state index is 13.7. The van der Waals surface area contributed by atoms with Gasteiger partial charge in [-0.2, -0.15) is 10.2 Å². The molecule has 1 aromatic carbocycles. The highest BCUT2D eigenvalue weighted by molar-refractivity contribution is 5.88. The normalized spacial score (nSPS) is 12.2. The third kappa shape index (κ3) is 3.71. The molecule has 9 heteroatoms. The third-order valence-electron chi connectivity index (χ3n) is 5.71. The summed E-state index contributed by atoms with van der Waals surface area (Å²) in [4.78, 5) is 26.6. The van der Waals surface area contributed by atoms with Gasteiger partial charge in [-0.1, -0.05) is 18.2 Å². The highest BCUT2D eigenvalue weighted by atomic mass is 16.3. The summed E-state index contributed by atoms with van der Waals surface area (Å²) in [5, 5.41) is 12.4. The van der Waals surface area contributed by atoms with E-state index in [9.17, 15) is 9.59 Å². The first kappa shape index (κ1) is 21.4. The van der Waals surface area contributed by atoms with Gasteiger partial charge in [0.15, 0.2) is 5.82 Å². The molecule has 0 fully saturated rings. The van der Waals surface area contributed by atoms with Gasteiger partial charge in [0.1, 0.15) is 28.5 Å². The van der Waals surface area contributed by atoms with Crippen molar-refractivity contribution in [1.82, 2.24) is 29.4 Å². The van der Waals surface area contributed by atoms with Crippen LogP contribution in [0.15, 0.2) is 76.2 Å². The molecule has 0 radical (unpaired) electrons. The molecule has 172 valence electrons. The van der Waals surface area contributed by atoms with Crippen LogP contribution in [0.2, 0.25) is 0 Å². The third-order valence-corrected chi connectivity index (χ3v) is 5.71. The number of amides is 1. The van der Waals surface area contributed by atoms with Gasteiger partial charge in [0.05, 0.1) is 17.9 Å². The molecule has 0 spiro atoms. The number of rotatable bonds is 6. The lowest BCUT2D eigenvalue weighted by molar-refractivity contribution is -0.124. The summed E-state index contributed by atoms with van der Waals surface area (Å²) in [7, 11) is 0. The van der Waals surface area contributed by atoms with Gasteiger partial charge >= 0.3 is 0 Å². The van der Waals surface area contributed by atoms with E-state index in [1.807, 2.05) is 78.5 Å². The van der Waals surface area contributed by atoms with E-state index in [4.69, 9.17) is 9.52 Å². The number of benzene rings is 1. The quantitative estimate of drug-likeness (QED) is 0.422. The lowest BCUT2D eigenvalue weighted by Gasteiger charge is -2.15. The van der Waals surface area contributed by atoms with Gasteiger partial charge in [0, 0.05) is 12.4 Å². The molecule has 0 unspecified atom stereocenters. The Hall–Kier alpha value is -4.40. The lowest BCUT2D eigenvalue weighted by Crippen LogP contribution is -2.37. The SMILES string of the molecule is Cc1ccc(CNC(=O)[C@@H](C)n2nc(C)c3nn(-c4ccccc4)c(-n4cccc4)c3c2=O)o1. The van der Waals surface area contributed by atoms with Crippen LogP contribution in [0.4, 0.5) is 0 Å². The predicted octanol–water partition coefficient (Wildman–Crippen LogP) is 3.46. The summed E-state index contributed by atoms with van der Waals surface area (Å²) in [6.07, 6.45) is 3.72. The molecule has 0 saturated heterocycles. The molecule has 4 heterocycles. The van der Waals surface area contributed by atoms with E-state index >= 15 is 0 Å². The fourth-order valence-corrected chi connectivity index (χ4v) is 3.97. The Morgan fingerprint density at radius 3 is 2.44 bits per heavy atom. The fourth-order valence-electron chi connectivity index (χ4n) is 3.97. The van der Waals surface area contributed by atoms with Crippen molar-refractivity contribution in [3.63, 3.8) is 0 Å². The molecule has 0 bridgehead atoms. The van der Waals surface area contributed by atoms with Gasteiger partial charge in [0.25, 0.3) is 5.56 Å². The number of aromatic nitrogens is 5. The maximum Gasteiger partial charge on any atom is 0.280 e. The smallest absolute Gasteiger partial charge is 0.280 e. The van der Waals surface area contributed by atoms with Crippen LogP contribution in [0.25, 0.3) is 22.4 Å². The van der Waals surface area contributed by atoms with E-state index in [1.54, 1.807) is 18.5 Å². The topological polar surface area (TPSA) is 99.9 Å². The number of fused-ring (bicyclic) bond motifs is 1. The van der Waals surface area contributed by atoms with Crippen LogP contribution in [0.1, 0.15) is 30.2 Å². The van der Waals surface area contributed by atoms with Gasteiger partial charge in [-0.05, 0) is 57.2 Å². The molecule has 1 N–H and O–H groups in total. The van der Waals surface area contributed by atoms with Crippen molar-refractivity contribution >= 4 is 16.8 Å². The van der Waals surface area contributed by atoms with Crippen molar-refractivity contribution in [2.24, 2.45) is 0 Å². The Kier molecular flexibility index (Phi) is 5.37. The first-order valence-corrected chi connectivity index (χ1v) is 11.0. The van der Waals surface area contributed by atoms with E-state index in [0.29, 0.717) is 28.2 Å². The van der Waals surface area contributed by atoms with Gasteiger partial charge in [-0.25, -0.2) is 9.36 Å². The molecule has 1 amide bonds. The van der Waals surface area contributed by atoms with Crippen molar-refractivity contribution in [3.8, 4) is 11.5 Å². The zero-order valence-corrected chi connectivity index (χ0v) is 19.1. The standard InChI is InChI=1S/C25H24N6O3/c1-16-11-12-20(34-16)15-26-23(32)18(3)30-25(33)21-22(17(2)27-30)28-31(19-9-5-4-6-10-19)24(21)29-13-7-8-14-29/h4-14,18H,15H2,1-3H3,(H,26,32)/t18-/m1/s1. The second-order valence-corrected chi connectivity index (χ2v) is 8.13. The summed E-state index contributed by atoms with van der Waals surface area (Å²) < 4.78 is 10.3. The number of nitrogens with one attached hydrogen (secondary N) is 1. The van der Waals surface area contributed by atoms with E-state index in [-0.39, 0.29) is 18.0 Å². The Balaban J connectivity index is 1.61. The number of hydrogen-bond donors (Lipinski definition) is 1. The molecule has 5 aromatic rings. The Morgan fingerprint density at radius 2 is 1.76 bits per heavy atom. The Labute approximate surface area is 195 Å². The fraction of sp³-hybridized carbons (Fsp3) is 0.200. The second-order valence-electron chi connectivity index (χ2n) is 8.13. The molecule has 9 nitrogen and oxygen atoms in total. The minimum Gasteiger partial charge on any atom is -0.465 e. The first-order valence-electron chi connectivity index (χ1n) is 11.0. The molecule has 5 rings (SSSR count). The average molecular weight is 457 g/mol. The van der Waals surface area contributed by atoms with E-state index in [1.165, 1.54) is 4.68 Å². The highest BCUT2D eigenvalue weighted by Crippen LogP contribution is 2.25. The number of aryl methyl sites for hydroxylation is 2. The van der Waals surface area contributed by atoms with E-state index in [0.717, 1.165) is 11.4 Å². The molecule has 0 aliphatic rings. The molecular weight excluding hydrogens is 432 g/mol. The summed E-state index contributed by atoms with van der Waals surface area (Å²) in [6.45, 7) is 5.51. The van der Waals surface area contributed by atoms with Crippen LogP contribution >= 0.6 is 0 Å². The van der Waals surface area contributed by atoms with Crippen LogP contribution in [-0.2, 0) is 11.3 Å². The lowest BCUT2D eigenvalue weighted by atomic mass is 10.2. The monoisotopic (exact) mass is 456 g/mol. The maximum absolute atomic E-state index is 13.7. The summed E-state index contributed by atoms with van der Waals surface area (Å²) in [6, 6.07) is 16.2. The zero-order chi connectivity index (χ0) is 23.8. The van der Waals surface area contributed by atoms with Crippen LogP contribution in [0.5, 0.6) is 0 Å². The van der Waals surface area contributed by atoms with Gasteiger partial charge < -0.3 is 14.3 Å². The van der Waals surface area contributed by atoms with E-state index in [2.05, 4.69) is 10.4 Å². The minimum atomic E-state index is -0.829. The van der Waals surface area contributed by atoms with Gasteiger partial charge in [-0.3, -0.25) is 9.59 Å². The van der Waals surface area contributed by atoms with Crippen molar-refractivity contribution in [2.45, 2.75) is 33.4 Å². The van der Waals surface area contributed by atoms with Crippen LogP contribution in [0, 0.1) is 13.8 Å². The van der Waals surface area contributed by atoms with Crippen LogP contribution in [-0.4, -0.2) is 30.0 Å². The Morgan fingerprint density at radius 1 is 1.03 bits per heavy atom. The predicted molar refractivity (Wildman–Crippen MR) is 127 cm³/mol. The van der Waals surface area contributed by atoms with Crippen molar-refractivity contribution in [2.75, 3.05) is 0 Å². The zero-order valence-electron chi connectivity index (χ0n) is 19.1. The molecule has 0 saturated carbocycles. The Bertz CT molecular complexity index is 1530. The number of hydrogen-bond acceptors (Lipinski definition) is 5. The summed E-state index contributed by atoms with van der Waals surface area (Å²) in [5.74, 6) is 1.67. The van der Waals surface area contributed by atoms with Crippen molar-refractivity contribution in [3.05, 3.63) is 94.6 Å². The summed E-state index contributed by atoms with van der Waals surface area (Å²) >= 11 is 0. The first-order chi connectivity index (χ1) is 16.4. The molecule has 4 aromatic heterocycles. The number of nitrogens with zero attached hydrogens (tertiary/aromatic N) is 5. The molecule has 34 heavy (non-hydrogen) atoms. The number of carbonyl (C=O) groups is 1. The summed E-state index contributed by atoms with van der Waals surface area (Å²) in [5.41, 5.74) is 1.47. The highest BCUT2D eigenvalue weighted by Gasteiger charge is 2.25. The molecule has 0 aliphatic heterocycles. The van der Waals surface area contributed by atoms with E-state index < -0.39 is 6.04 Å².